The van der Waals surface area contributed by atoms with Crippen molar-refractivity contribution >= 4 is 29.4 Å². The van der Waals surface area contributed by atoms with Crippen molar-refractivity contribution in [1.29, 1.82) is 0 Å². The summed E-state index contributed by atoms with van der Waals surface area (Å²) in [6, 6.07) is 7.99. The lowest BCUT2D eigenvalue weighted by atomic mass is 10.2. The Morgan fingerprint density at radius 2 is 2.19 bits per heavy atom. The number of rotatable bonds is 0. The van der Waals surface area contributed by atoms with E-state index in [9.17, 15) is 0 Å². The highest BCUT2D eigenvalue weighted by atomic mass is 32.2. The van der Waals surface area contributed by atoms with Crippen molar-refractivity contribution in [3.63, 3.8) is 0 Å². The van der Waals surface area contributed by atoms with Crippen LogP contribution in [0.2, 0.25) is 0 Å². The molecule has 0 aliphatic carbocycles. The molecule has 0 saturated carbocycles. The lowest BCUT2D eigenvalue weighted by Gasteiger charge is -2.12. The fraction of sp³-hybridized carbons (Fsp3) is 0.154. The van der Waals surface area contributed by atoms with Crippen LogP contribution in [-0.4, -0.2) is 6.21 Å². The number of fused-ring (bicyclic) bond motifs is 1. The van der Waals surface area contributed by atoms with Crippen LogP contribution in [0.5, 0.6) is 0 Å². The number of aliphatic imine (C=N–C) groups is 1. The molecule has 0 unspecified atom stereocenters. The molecule has 2 nitrogen and oxygen atoms in total. The van der Waals surface area contributed by atoms with Gasteiger partial charge in [-0.1, -0.05) is 36.5 Å². The van der Waals surface area contributed by atoms with Crippen molar-refractivity contribution in [2.75, 3.05) is 5.32 Å². The van der Waals surface area contributed by atoms with Gasteiger partial charge in [-0.05, 0) is 24.0 Å². The maximum atomic E-state index is 4.43. The van der Waals surface area contributed by atoms with E-state index in [0.717, 1.165) is 22.8 Å². The Bertz CT molecular complexity index is 461. The zero-order valence-corrected chi connectivity index (χ0v) is 10.1. The SMILES string of the molecule is C=C1Nc2ccccc2N=CC/C=C(/C)S1. The molecule has 0 saturated heterocycles. The van der Waals surface area contributed by atoms with Crippen LogP contribution in [0.3, 0.4) is 0 Å². The molecular weight excluding hydrogens is 216 g/mol. The third-order valence-corrected chi connectivity index (χ3v) is 3.04. The molecule has 16 heavy (non-hydrogen) atoms. The molecule has 1 aliphatic heterocycles. The van der Waals surface area contributed by atoms with E-state index in [1.807, 2.05) is 30.5 Å². The van der Waals surface area contributed by atoms with E-state index in [-0.39, 0.29) is 0 Å². The number of nitrogens with one attached hydrogen (secondary N) is 1. The fourth-order valence-electron chi connectivity index (χ4n) is 1.47. The average Bonchev–Trinajstić information content (AvgIpc) is 2.26. The highest BCUT2D eigenvalue weighted by molar-refractivity contribution is 8.06. The molecule has 0 bridgehead atoms. The van der Waals surface area contributed by atoms with Gasteiger partial charge >= 0.3 is 0 Å². The Hall–Kier alpha value is -1.48. The lowest BCUT2D eigenvalue weighted by molar-refractivity contribution is 1.41. The Kier molecular flexibility index (Phi) is 3.47. The van der Waals surface area contributed by atoms with Gasteiger partial charge in [-0.2, -0.15) is 0 Å². The van der Waals surface area contributed by atoms with Crippen LogP contribution in [-0.2, 0) is 0 Å². The molecule has 0 spiro atoms. The molecule has 0 aromatic heterocycles. The summed E-state index contributed by atoms with van der Waals surface area (Å²) in [5, 5.41) is 4.20. The van der Waals surface area contributed by atoms with Crippen LogP contribution >= 0.6 is 11.8 Å². The van der Waals surface area contributed by atoms with E-state index in [0.29, 0.717) is 0 Å². The molecule has 82 valence electrons. The Labute approximate surface area is 100 Å². The summed E-state index contributed by atoms with van der Waals surface area (Å²) >= 11 is 1.66. The van der Waals surface area contributed by atoms with E-state index in [4.69, 9.17) is 0 Å². The van der Waals surface area contributed by atoms with Crippen LogP contribution in [0.4, 0.5) is 11.4 Å². The molecule has 0 fully saturated rings. The molecule has 0 radical (unpaired) electrons. The van der Waals surface area contributed by atoms with Gasteiger partial charge in [-0.15, -0.1) is 0 Å². The van der Waals surface area contributed by atoms with Gasteiger partial charge < -0.3 is 5.32 Å². The average molecular weight is 230 g/mol. The third-order valence-electron chi connectivity index (χ3n) is 2.20. The second-order valence-electron chi connectivity index (χ2n) is 3.53. The fourth-order valence-corrected chi connectivity index (χ4v) is 2.20. The summed E-state index contributed by atoms with van der Waals surface area (Å²) in [5.74, 6) is 0. The highest BCUT2D eigenvalue weighted by Gasteiger charge is 2.03. The molecule has 3 heteroatoms. The van der Waals surface area contributed by atoms with Gasteiger partial charge in [0.25, 0.3) is 0 Å². The number of thioether (sulfide) groups is 1. The summed E-state index contributed by atoms with van der Waals surface area (Å²) in [7, 11) is 0. The predicted octanol–water partition coefficient (Wildman–Crippen LogP) is 4.31. The minimum Gasteiger partial charge on any atom is -0.349 e. The number of benzene rings is 1. The number of nitrogens with zero attached hydrogens (tertiary/aromatic N) is 1. The Morgan fingerprint density at radius 1 is 1.38 bits per heavy atom. The van der Waals surface area contributed by atoms with Gasteiger partial charge in [-0.25, -0.2) is 0 Å². The summed E-state index contributed by atoms with van der Waals surface area (Å²) in [5.41, 5.74) is 1.96. The maximum absolute atomic E-state index is 4.43. The zero-order valence-electron chi connectivity index (χ0n) is 9.23. The Morgan fingerprint density at radius 3 is 3.06 bits per heavy atom. The van der Waals surface area contributed by atoms with Gasteiger partial charge in [0.05, 0.1) is 16.4 Å². The maximum Gasteiger partial charge on any atom is 0.0860 e. The Balaban J connectivity index is 2.35. The van der Waals surface area contributed by atoms with Crippen LogP contribution in [0.15, 0.2) is 51.8 Å². The molecule has 1 heterocycles. The van der Waals surface area contributed by atoms with Crippen molar-refractivity contribution in [2.45, 2.75) is 13.3 Å². The highest BCUT2D eigenvalue weighted by Crippen LogP contribution is 2.31. The van der Waals surface area contributed by atoms with Gasteiger partial charge in [0.2, 0.25) is 0 Å². The van der Waals surface area contributed by atoms with Crippen molar-refractivity contribution in [3.05, 3.63) is 46.9 Å². The van der Waals surface area contributed by atoms with Crippen LogP contribution in [0, 0.1) is 0 Å². The second-order valence-corrected chi connectivity index (χ2v) is 4.87. The van der Waals surface area contributed by atoms with E-state index >= 15 is 0 Å². The molecule has 0 amide bonds. The summed E-state index contributed by atoms with van der Waals surface area (Å²) < 4.78 is 0. The molecule has 1 aliphatic rings. The van der Waals surface area contributed by atoms with E-state index in [1.54, 1.807) is 11.8 Å². The number of hydrogen-bond acceptors (Lipinski definition) is 3. The second kappa shape index (κ2) is 5.03. The van der Waals surface area contributed by atoms with Crippen molar-refractivity contribution in [1.82, 2.24) is 0 Å². The van der Waals surface area contributed by atoms with Gasteiger partial charge in [-0.3, -0.25) is 4.99 Å². The summed E-state index contributed by atoms with van der Waals surface area (Å²) in [6.07, 6.45) is 4.94. The first-order valence-corrected chi connectivity index (χ1v) is 5.99. The van der Waals surface area contributed by atoms with E-state index in [2.05, 4.69) is 29.9 Å². The molecule has 1 aromatic carbocycles. The number of hydrogen-bond donors (Lipinski definition) is 1. The predicted molar refractivity (Wildman–Crippen MR) is 73.3 cm³/mol. The molecule has 1 aromatic rings. The number of para-hydroxylation sites is 2. The number of allylic oxidation sites excluding steroid dienone is 2. The van der Waals surface area contributed by atoms with Crippen molar-refractivity contribution < 1.29 is 0 Å². The van der Waals surface area contributed by atoms with Gasteiger partial charge in [0, 0.05) is 12.6 Å². The first kappa shape index (κ1) is 11.0. The first-order chi connectivity index (χ1) is 7.75. The van der Waals surface area contributed by atoms with Gasteiger partial charge in [0.1, 0.15) is 0 Å². The monoisotopic (exact) mass is 230 g/mol. The topological polar surface area (TPSA) is 24.4 Å². The normalized spacial score (nSPS) is 19.3. The van der Waals surface area contributed by atoms with Crippen molar-refractivity contribution in [3.8, 4) is 0 Å². The standard InChI is InChI=1S/C13H14N2S/c1-10-6-5-9-14-12-7-3-4-8-13(12)15-11(2)16-10/h3-4,6-9,15H,2,5H2,1H3/b10-6-,14-9?. The summed E-state index contributed by atoms with van der Waals surface area (Å²) in [6.45, 7) is 6.08. The van der Waals surface area contributed by atoms with Crippen LogP contribution < -0.4 is 5.32 Å². The quantitative estimate of drug-likeness (QED) is 0.718. The smallest absolute Gasteiger partial charge is 0.0860 e. The summed E-state index contributed by atoms with van der Waals surface area (Å²) in [4.78, 5) is 5.67. The van der Waals surface area contributed by atoms with Crippen LogP contribution in [0.1, 0.15) is 13.3 Å². The zero-order chi connectivity index (χ0) is 11.4. The van der Waals surface area contributed by atoms with E-state index < -0.39 is 0 Å². The molecular formula is C13H14N2S. The largest absolute Gasteiger partial charge is 0.349 e. The lowest BCUT2D eigenvalue weighted by Crippen LogP contribution is -1.95. The molecule has 2 rings (SSSR count). The van der Waals surface area contributed by atoms with Crippen molar-refractivity contribution in [2.24, 2.45) is 4.99 Å². The van der Waals surface area contributed by atoms with Crippen LogP contribution in [0.25, 0.3) is 0 Å². The minimum atomic E-state index is 0.862. The number of anilines is 1. The molecule has 1 N–H and O–H groups in total. The first-order valence-electron chi connectivity index (χ1n) is 5.18. The van der Waals surface area contributed by atoms with E-state index in [1.165, 1.54) is 4.91 Å². The minimum absolute atomic E-state index is 0.862. The third kappa shape index (κ3) is 2.76. The van der Waals surface area contributed by atoms with Gasteiger partial charge in [0.15, 0.2) is 0 Å². The molecule has 0 atom stereocenters.